The number of hydrogen-bond acceptors (Lipinski definition) is 4. The highest BCUT2D eigenvalue weighted by atomic mass is 16.1. The zero-order valence-electron chi connectivity index (χ0n) is 11.9. The van der Waals surface area contributed by atoms with E-state index in [9.17, 15) is 4.79 Å². The van der Waals surface area contributed by atoms with E-state index in [1.165, 1.54) is 0 Å². The highest BCUT2D eigenvalue weighted by Crippen LogP contribution is 2.17. The highest BCUT2D eigenvalue weighted by Gasteiger charge is 2.15. The van der Waals surface area contributed by atoms with Crippen molar-refractivity contribution in [3.8, 4) is 12.1 Å². The standard InChI is InChI=1S/C14H19N5O/c1-3-5-6-10(4-2)7-13(20)19-14-17-11(8-15)12(9-16)18-14/h10H,3-7H2,1-2H3,(H2,17,18,19,20). The van der Waals surface area contributed by atoms with Gasteiger partial charge in [-0.25, -0.2) is 4.98 Å². The average molecular weight is 273 g/mol. The van der Waals surface area contributed by atoms with Crippen molar-refractivity contribution in [3.63, 3.8) is 0 Å². The first kappa shape index (κ1) is 15.7. The van der Waals surface area contributed by atoms with Crippen molar-refractivity contribution in [1.29, 1.82) is 10.5 Å². The molecule has 1 heterocycles. The van der Waals surface area contributed by atoms with E-state index in [0.717, 1.165) is 25.7 Å². The van der Waals surface area contributed by atoms with Crippen LogP contribution in [0.4, 0.5) is 5.95 Å². The zero-order valence-corrected chi connectivity index (χ0v) is 11.9. The third-order valence-electron chi connectivity index (χ3n) is 3.20. The summed E-state index contributed by atoms with van der Waals surface area (Å²) in [7, 11) is 0. The van der Waals surface area contributed by atoms with Crippen molar-refractivity contribution in [2.45, 2.75) is 46.0 Å². The zero-order chi connectivity index (χ0) is 15.0. The van der Waals surface area contributed by atoms with Gasteiger partial charge in [0.25, 0.3) is 0 Å². The van der Waals surface area contributed by atoms with Crippen LogP contribution in [-0.4, -0.2) is 15.9 Å². The van der Waals surface area contributed by atoms with E-state index < -0.39 is 0 Å². The van der Waals surface area contributed by atoms with Gasteiger partial charge in [-0.2, -0.15) is 10.5 Å². The molecule has 106 valence electrons. The molecular weight excluding hydrogens is 254 g/mol. The lowest BCUT2D eigenvalue weighted by Crippen LogP contribution is -2.17. The number of hydrogen-bond donors (Lipinski definition) is 2. The van der Waals surface area contributed by atoms with Crippen molar-refractivity contribution < 1.29 is 4.79 Å². The molecule has 0 fully saturated rings. The van der Waals surface area contributed by atoms with Gasteiger partial charge in [-0.1, -0.05) is 33.1 Å². The normalized spacial score (nSPS) is 11.4. The maximum Gasteiger partial charge on any atom is 0.226 e. The third kappa shape index (κ3) is 4.40. The summed E-state index contributed by atoms with van der Waals surface area (Å²) in [5, 5.41) is 20.2. The summed E-state index contributed by atoms with van der Waals surface area (Å²) in [5.74, 6) is 0.375. The molecule has 0 radical (unpaired) electrons. The van der Waals surface area contributed by atoms with E-state index in [0.29, 0.717) is 12.3 Å². The van der Waals surface area contributed by atoms with Gasteiger partial charge in [-0.05, 0) is 12.3 Å². The minimum Gasteiger partial charge on any atom is -0.314 e. The fraction of sp³-hybridized carbons (Fsp3) is 0.571. The van der Waals surface area contributed by atoms with Crippen molar-refractivity contribution in [1.82, 2.24) is 9.97 Å². The summed E-state index contributed by atoms with van der Waals surface area (Å²) >= 11 is 0. The molecule has 6 heteroatoms. The van der Waals surface area contributed by atoms with Gasteiger partial charge in [-0.3, -0.25) is 10.1 Å². The molecule has 2 N–H and O–H groups in total. The highest BCUT2D eigenvalue weighted by molar-refractivity contribution is 5.89. The minimum atomic E-state index is -0.143. The fourth-order valence-electron chi connectivity index (χ4n) is 1.98. The molecule has 20 heavy (non-hydrogen) atoms. The van der Waals surface area contributed by atoms with Crippen LogP contribution in [-0.2, 0) is 4.79 Å². The van der Waals surface area contributed by atoms with Gasteiger partial charge in [0.2, 0.25) is 11.9 Å². The Labute approximate surface area is 118 Å². The molecular formula is C14H19N5O. The van der Waals surface area contributed by atoms with Gasteiger partial charge in [0.1, 0.15) is 12.1 Å². The molecule has 6 nitrogen and oxygen atoms in total. The molecule has 0 aliphatic heterocycles. The molecule has 0 aromatic carbocycles. The van der Waals surface area contributed by atoms with Crippen LogP contribution in [0.1, 0.15) is 57.3 Å². The lowest BCUT2D eigenvalue weighted by molar-refractivity contribution is -0.117. The Bertz CT molecular complexity index is 503. The SMILES string of the molecule is CCCCC(CC)CC(=O)Nc1nc(C#N)c(C#N)[nH]1. The molecule has 1 aromatic rings. The predicted octanol–water partition coefficient (Wildman–Crippen LogP) is 2.70. The number of amides is 1. The van der Waals surface area contributed by atoms with Gasteiger partial charge < -0.3 is 4.98 Å². The predicted molar refractivity (Wildman–Crippen MR) is 74.6 cm³/mol. The van der Waals surface area contributed by atoms with Crippen molar-refractivity contribution in [2.24, 2.45) is 5.92 Å². The fourth-order valence-corrected chi connectivity index (χ4v) is 1.98. The second kappa shape index (κ2) is 7.96. The number of nitriles is 2. The van der Waals surface area contributed by atoms with Gasteiger partial charge >= 0.3 is 0 Å². The smallest absolute Gasteiger partial charge is 0.226 e. The number of anilines is 1. The van der Waals surface area contributed by atoms with Crippen LogP contribution >= 0.6 is 0 Å². The number of aromatic amines is 1. The molecule has 0 aliphatic rings. The molecule has 0 aliphatic carbocycles. The van der Waals surface area contributed by atoms with Crippen molar-refractivity contribution in [3.05, 3.63) is 11.4 Å². The summed E-state index contributed by atoms with van der Waals surface area (Å²) in [6, 6.07) is 3.63. The van der Waals surface area contributed by atoms with E-state index in [-0.39, 0.29) is 23.2 Å². The molecule has 0 saturated carbocycles. The number of nitrogens with one attached hydrogen (secondary N) is 2. The number of rotatable bonds is 7. The molecule has 0 saturated heterocycles. The molecule has 1 amide bonds. The average Bonchev–Trinajstić information content (AvgIpc) is 2.85. The number of H-pyrrole nitrogens is 1. The topological polar surface area (TPSA) is 105 Å². The molecule has 1 atom stereocenters. The number of unbranched alkanes of at least 4 members (excludes halogenated alkanes) is 1. The molecule has 1 unspecified atom stereocenters. The number of imidazole rings is 1. The Balaban J connectivity index is 2.60. The van der Waals surface area contributed by atoms with Gasteiger partial charge in [0, 0.05) is 6.42 Å². The molecule has 0 bridgehead atoms. The number of aromatic nitrogens is 2. The molecule has 1 aromatic heterocycles. The monoisotopic (exact) mass is 273 g/mol. The van der Waals surface area contributed by atoms with Crippen LogP contribution < -0.4 is 5.32 Å². The van der Waals surface area contributed by atoms with Gasteiger partial charge in [0.15, 0.2) is 11.4 Å². The van der Waals surface area contributed by atoms with Crippen LogP contribution in [0, 0.1) is 28.6 Å². The summed E-state index contributed by atoms with van der Waals surface area (Å²) in [6.45, 7) is 4.20. The van der Waals surface area contributed by atoms with E-state index in [1.54, 1.807) is 6.07 Å². The van der Waals surface area contributed by atoms with Crippen LogP contribution in [0.2, 0.25) is 0 Å². The Hall–Kier alpha value is -2.34. The number of carbonyl (C=O) groups is 1. The summed E-state index contributed by atoms with van der Waals surface area (Å²) < 4.78 is 0. The summed E-state index contributed by atoms with van der Waals surface area (Å²) in [5.41, 5.74) is 0.0710. The Morgan fingerprint density at radius 3 is 2.65 bits per heavy atom. The third-order valence-corrected chi connectivity index (χ3v) is 3.20. The Kier molecular flexibility index (Phi) is 6.25. The van der Waals surface area contributed by atoms with E-state index in [2.05, 4.69) is 29.1 Å². The quantitative estimate of drug-likeness (QED) is 0.796. The maximum absolute atomic E-state index is 11.9. The van der Waals surface area contributed by atoms with Crippen molar-refractivity contribution in [2.75, 3.05) is 5.32 Å². The Morgan fingerprint density at radius 1 is 1.40 bits per heavy atom. The van der Waals surface area contributed by atoms with E-state index >= 15 is 0 Å². The van der Waals surface area contributed by atoms with E-state index in [4.69, 9.17) is 10.5 Å². The minimum absolute atomic E-state index is 0.000763. The van der Waals surface area contributed by atoms with E-state index in [1.807, 2.05) is 6.07 Å². The summed E-state index contributed by atoms with van der Waals surface area (Å²) in [4.78, 5) is 18.4. The van der Waals surface area contributed by atoms with Crippen LogP contribution in [0.25, 0.3) is 0 Å². The first-order valence-electron chi connectivity index (χ1n) is 6.84. The molecule has 1 rings (SSSR count). The largest absolute Gasteiger partial charge is 0.314 e. The first-order chi connectivity index (χ1) is 9.64. The molecule has 0 spiro atoms. The lowest BCUT2D eigenvalue weighted by Gasteiger charge is -2.13. The second-order valence-corrected chi connectivity index (χ2v) is 4.70. The van der Waals surface area contributed by atoms with Crippen LogP contribution in [0.3, 0.4) is 0 Å². The lowest BCUT2D eigenvalue weighted by atomic mass is 9.95. The van der Waals surface area contributed by atoms with Crippen LogP contribution in [0.15, 0.2) is 0 Å². The van der Waals surface area contributed by atoms with Crippen LogP contribution in [0.5, 0.6) is 0 Å². The van der Waals surface area contributed by atoms with Gasteiger partial charge in [0.05, 0.1) is 0 Å². The first-order valence-corrected chi connectivity index (χ1v) is 6.84. The number of carbonyl (C=O) groups excluding carboxylic acids is 1. The van der Waals surface area contributed by atoms with Gasteiger partial charge in [-0.15, -0.1) is 0 Å². The number of nitrogens with zero attached hydrogens (tertiary/aromatic N) is 3. The maximum atomic E-state index is 11.9. The second-order valence-electron chi connectivity index (χ2n) is 4.70. The Morgan fingerprint density at radius 2 is 2.15 bits per heavy atom. The summed E-state index contributed by atoms with van der Waals surface area (Å²) in [6.07, 6.45) is 4.65. The van der Waals surface area contributed by atoms with Crippen molar-refractivity contribution >= 4 is 11.9 Å².